The van der Waals surface area contributed by atoms with Gasteiger partial charge in [-0.05, 0) is 37.6 Å². The zero-order valence-electron chi connectivity index (χ0n) is 19.6. The molecule has 3 aromatic carbocycles. The number of carbonyl (C=O) groups is 2. The third kappa shape index (κ3) is 7.73. The molecule has 0 bridgehead atoms. The lowest BCUT2D eigenvalue weighted by Gasteiger charge is -2.32. The second-order valence-electron chi connectivity index (χ2n) is 8.39. The van der Waals surface area contributed by atoms with Crippen LogP contribution in [0.1, 0.15) is 31.4 Å². The fraction of sp³-hybridized carbons (Fsp3) is 0.286. The first kappa shape index (κ1) is 25.5. The molecule has 0 saturated heterocycles. The number of benzene rings is 3. The minimum Gasteiger partial charge on any atom is -0.352 e. The number of nitrogens with zero attached hydrogens (tertiary/aromatic N) is 1. The van der Waals surface area contributed by atoms with Gasteiger partial charge in [0, 0.05) is 41.6 Å². The monoisotopic (exact) mass is 478 g/mol. The maximum absolute atomic E-state index is 14.5. The number of rotatable bonds is 11. The lowest BCUT2D eigenvalue weighted by molar-refractivity contribution is -0.141. The molecule has 3 aromatic rings. The Morgan fingerprint density at radius 1 is 0.912 bits per heavy atom. The normalized spacial score (nSPS) is 11.8. The summed E-state index contributed by atoms with van der Waals surface area (Å²) < 4.78 is 14.5. The largest absolute Gasteiger partial charge is 0.352 e. The van der Waals surface area contributed by atoms with Crippen molar-refractivity contribution in [3.8, 4) is 0 Å². The van der Waals surface area contributed by atoms with E-state index in [-0.39, 0.29) is 36.6 Å². The highest BCUT2D eigenvalue weighted by molar-refractivity contribution is 7.99. The Kier molecular flexibility index (Phi) is 9.71. The molecule has 0 fully saturated rings. The van der Waals surface area contributed by atoms with Gasteiger partial charge in [-0.15, -0.1) is 11.8 Å². The SMILES string of the molecule is CC(C)NC(=O)[C@H](Cc1ccccc1)N(Cc1ccccc1F)C(=O)CCSc1ccccc1. The fourth-order valence-electron chi connectivity index (χ4n) is 3.66. The Balaban J connectivity index is 1.86. The number of amides is 2. The Morgan fingerprint density at radius 2 is 1.53 bits per heavy atom. The first-order chi connectivity index (χ1) is 16.4. The van der Waals surface area contributed by atoms with E-state index in [9.17, 15) is 14.0 Å². The Hall–Kier alpha value is -3.12. The van der Waals surface area contributed by atoms with Crippen LogP contribution in [0, 0.1) is 5.82 Å². The molecule has 3 rings (SSSR count). The summed E-state index contributed by atoms with van der Waals surface area (Å²) in [4.78, 5) is 29.4. The van der Waals surface area contributed by atoms with Crippen molar-refractivity contribution in [2.75, 3.05) is 5.75 Å². The molecular weight excluding hydrogens is 447 g/mol. The van der Waals surface area contributed by atoms with E-state index in [0.29, 0.717) is 17.7 Å². The zero-order valence-corrected chi connectivity index (χ0v) is 20.4. The standard InChI is InChI=1S/C28H31FN2O2S/c1-21(2)30-28(33)26(19-22-11-5-3-6-12-22)31(20-23-13-9-10-16-25(23)29)27(32)17-18-34-24-14-7-4-8-15-24/h3-16,21,26H,17-20H2,1-2H3,(H,30,33)/t26-/m0/s1. The van der Waals surface area contributed by atoms with Crippen LogP contribution < -0.4 is 5.32 Å². The molecule has 6 heteroatoms. The van der Waals surface area contributed by atoms with Gasteiger partial charge in [-0.3, -0.25) is 9.59 Å². The Morgan fingerprint density at radius 3 is 2.18 bits per heavy atom. The van der Waals surface area contributed by atoms with Crippen molar-refractivity contribution < 1.29 is 14.0 Å². The summed E-state index contributed by atoms with van der Waals surface area (Å²) in [5.74, 6) is -0.229. The van der Waals surface area contributed by atoms with Crippen LogP contribution in [0.5, 0.6) is 0 Å². The maximum Gasteiger partial charge on any atom is 0.243 e. The molecule has 2 amide bonds. The van der Waals surface area contributed by atoms with Crippen molar-refractivity contribution in [2.45, 2.75) is 50.2 Å². The van der Waals surface area contributed by atoms with Crippen LogP contribution in [-0.2, 0) is 22.6 Å². The smallest absolute Gasteiger partial charge is 0.243 e. The number of thioether (sulfide) groups is 1. The van der Waals surface area contributed by atoms with Gasteiger partial charge in [-0.25, -0.2) is 4.39 Å². The van der Waals surface area contributed by atoms with Crippen molar-refractivity contribution >= 4 is 23.6 Å². The molecule has 0 radical (unpaired) electrons. The third-order valence-electron chi connectivity index (χ3n) is 5.33. The molecule has 178 valence electrons. The van der Waals surface area contributed by atoms with Gasteiger partial charge in [-0.1, -0.05) is 66.7 Å². The summed E-state index contributed by atoms with van der Waals surface area (Å²) in [5.41, 5.74) is 1.33. The molecule has 0 aromatic heterocycles. The van der Waals surface area contributed by atoms with Gasteiger partial charge < -0.3 is 10.2 Å². The average molecular weight is 479 g/mol. The number of halogens is 1. The molecule has 0 heterocycles. The highest BCUT2D eigenvalue weighted by atomic mass is 32.2. The zero-order chi connectivity index (χ0) is 24.3. The van der Waals surface area contributed by atoms with Gasteiger partial charge in [-0.2, -0.15) is 0 Å². The minimum atomic E-state index is -0.751. The van der Waals surface area contributed by atoms with Crippen molar-refractivity contribution in [3.63, 3.8) is 0 Å². The summed E-state index contributed by atoms with van der Waals surface area (Å²) in [6, 6.07) is 25.0. The molecule has 0 saturated carbocycles. The molecule has 0 aliphatic rings. The molecule has 34 heavy (non-hydrogen) atoms. The van der Waals surface area contributed by atoms with E-state index in [1.807, 2.05) is 74.5 Å². The van der Waals surface area contributed by atoms with Crippen LogP contribution in [-0.4, -0.2) is 34.6 Å². The predicted octanol–water partition coefficient (Wildman–Crippen LogP) is 5.47. The van der Waals surface area contributed by atoms with Gasteiger partial charge in [0.1, 0.15) is 11.9 Å². The van der Waals surface area contributed by atoms with Crippen LogP contribution >= 0.6 is 11.8 Å². The van der Waals surface area contributed by atoms with E-state index in [2.05, 4.69) is 5.32 Å². The topological polar surface area (TPSA) is 49.4 Å². The maximum atomic E-state index is 14.5. The third-order valence-corrected chi connectivity index (χ3v) is 6.34. The molecule has 0 spiro atoms. The molecular formula is C28H31FN2O2S. The van der Waals surface area contributed by atoms with Crippen molar-refractivity contribution in [3.05, 3.63) is 102 Å². The van der Waals surface area contributed by atoms with Gasteiger partial charge in [0.15, 0.2) is 0 Å². The minimum absolute atomic E-state index is 0.0323. The number of carbonyl (C=O) groups excluding carboxylic acids is 2. The molecule has 4 nitrogen and oxygen atoms in total. The van der Waals surface area contributed by atoms with E-state index in [1.54, 1.807) is 30.0 Å². The van der Waals surface area contributed by atoms with Crippen LogP contribution in [0.2, 0.25) is 0 Å². The van der Waals surface area contributed by atoms with E-state index in [0.717, 1.165) is 10.5 Å². The molecule has 1 atom stereocenters. The lowest BCUT2D eigenvalue weighted by Crippen LogP contribution is -2.52. The van der Waals surface area contributed by atoms with Crippen LogP contribution in [0.4, 0.5) is 4.39 Å². The average Bonchev–Trinajstić information content (AvgIpc) is 2.83. The van der Waals surface area contributed by atoms with E-state index in [1.165, 1.54) is 11.0 Å². The van der Waals surface area contributed by atoms with Crippen molar-refractivity contribution in [1.29, 1.82) is 0 Å². The summed E-state index contributed by atoms with van der Waals surface area (Å²) >= 11 is 1.59. The molecule has 1 N–H and O–H groups in total. The van der Waals surface area contributed by atoms with Crippen molar-refractivity contribution in [1.82, 2.24) is 10.2 Å². The lowest BCUT2D eigenvalue weighted by atomic mass is 10.0. The molecule has 0 unspecified atom stereocenters. The Labute approximate surface area is 205 Å². The second-order valence-corrected chi connectivity index (χ2v) is 9.56. The van der Waals surface area contributed by atoms with Gasteiger partial charge in [0.25, 0.3) is 0 Å². The van der Waals surface area contributed by atoms with E-state index >= 15 is 0 Å². The van der Waals surface area contributed by atoms with Gasteiger partial charge in [0.2, 0.25) is 11.8 Å². The summed E-state index contributed by atoms with van der Waals surface area (Å²) in [6.07, 6.45) is 0.597. The van der Waals surface area contributed by atoms with E-state index < -0.39 is 6.04 Å². The quantitative estimate of drug-likeness (QED) is 0.372. The highest BCUT2D eigenvalue weighted by Crippen LogP contribution is 2.21. The van der Waals surface area contributed by atoms with Gasteiger partial charge in [0.05, 0.1) is 0 Å². The summed E-state index contributed by atoms with van der Waals surface area (Å²) in [5, 5.41) is 2.95. The highest BCUT2D eigenvalue weighted by Gasteiger charge is 2.31. The van der Waals surface area contributed by atoms with Gasteiger partial charge >= 0.3 is 0 Å². The number of hydrogen-bond donors (Lipinski definition) is 1. The first-order valence-electron chi connectivity index (χ1n) is 11.5. The molecule has 0 aliphatic heterocycles. The summed E-state index contributed by atoms with van der Waals surface area (Å²) in [7, 11) is 0. The number of hydrogen-bond acceptors (Lipinski definition) is 3. The van der Waals surface area contributed by atoms with E-state index in [4.69, 9.17) is 0 Å². The first-order valence-corrected chi connectivity index (χ1v) is 12.5. The second kappa shape index (κ2) is 12.9. The molecule has 0 aliphatic carbocycles. The van der Waals surface area contributed by atoms with Crippen molar-refractivity contribution in [2.24, 2.45) is 0 Å². The summed E-state index contributed by atoms with van der Waals surface area (Å²) in [6.45, 7) is 3.80. The van der Waals surface area contributed by atoms with Crippen LogP contribution in [0.15, 0.2) is 89.8 Å². The Bertz CT molecular complexity index is 1060. The fourth-order valence-corrected chi connectivity index (χ4v) is 4.52. The van der Waals surface area contributed by atoms with Crippen LogP contribution in [0.3, 0.4) is 0 Å². The predicted molar refractivity (Wildman–Crippen MR) is 136 cm³/mol. The van der Waals surface area contributed by atoms with Crippen LogP contribution in [0.25, 0.3) is 0 Å². The number of nitrogens with one attached hydrogen (secondary N) is 1.